The van der Waals surface area contributed by atoms with Crippen LogP contribution in [0.15, 0.2) is 42.0 Å². The lowest BCUT2D eigenvalue weighted by Gasteiger charge is -2.29. The molecule has 1 saturated heterocycles. The zero-order valence-corrected chi connectivity index (χ0v) is 16.6. The van der Waals surface area contributed by atoms with E-state index in [0.717, 1.165) is 4.90 Å². The highest BCUT2D eigenvalue weighted by atomic mass is 32.1. The van der Waals surface area contributed by atoms with Crippen molar-refractivity contribution in [3.63, 3.8) is 0 Å². The maximum atomic E-state index is 13.2. The molecule has 1 aliphatic heterocycles. The number of rotatable bonds is 5. The fourth-order valence-electron chi connectivity index (χ4n) is 2.80. The summed E-state index contributed by atoms with van der Waals surface area (Å²) in [5.41, 5.74) is 0.579. The van der Waals surface area contributed by atoms with Gasteiger partial charge in [0.05, 0.1) is 27.0 Å². The number of nitrogens with zero attached hydrogens (tertiary/aromatic N) is 1. The van der Waals surface area contributed by atoms with Crippen LogP contribution in [0, 0.1) is 5.82 Å². The Labute approximate surface area is 171 Å². The zero-order valence-electron chi connectivity index (χ0n) is 15.8. The number of amides is 2. The van der Waals surface area contributed by atoms with Gasteiger partial charge < -0.3 is 14.2 Å². The highest BCUT2D eigenvalue weighted by Gasteiger charge is 2.34. The fraction of sp³-hybridized carbons (Fsp3) is 0.150. The Hall–Kier alpha value is -3.46. The molecule has 0 bridgehead atoms. The third kappa shape index (κ3) is 3.90. The number of benzene rings is 2. The largest absolute Gasteiger partial charge is 0.496 e. The summed E-state index contributed by atoms with van der Waals surface area (Å²) in [6, 6.07) is 8.35. The molecule has 150 valence electrons. The molecule has 0 spiro atoms. The van der Waals surface area contributed by atoms with Gasteiger partial charge in [-0.1, -0.05) is 0 Å². The molecule has 0 saturated carbocycles. The number of hydrogen-bond acceptors (Lipinski definition) is 6. The van der Waals surface area contributed by atoms with Gasteiger partial charge in [0.25, 0.3) is 11.8 Å². The monoisotopic (exact) mass is 416 g/mol. The highest BCUT2D eigenvalue weighted by Crippen LogP contribution is 2.36. The standard InChI is InChI=1S/C20H17FN2O5S/c1-26-15-10-17(28-3)16(27-2)9-11(15)8-14-18(24)22-20(29)23(19(14)25)13-6-4-12(21)5-7-13/h4-10H,1-3H3,(H,22,24,29)/b14-8+. The summed E-state index contributed by atoms with van der Waals surface area (Å²) in [5, 5.41) is 2.38. The van der Waals surface area contributed by atoms with Gasteiger partial charge in [-0.15, -0.1) is 0 Å². The number of anilines is 1. The number of nitrogens with one attached hydrogen (secondary N) is 1. The fourth-order valence-corrected chi connectivity index (χ4v) is 3.08. The maximum Gasteiger partial charge on any atom is 0.270 e. The van der Waals surface area contributed by atoms with Gasteiger partial charge in [-0.3, -0.25) is 19.8 Å². The number of methoxy groups -OCH3 is 3. The van der Waals surface area contributed by atoms with Crippen molar-refractivity contribution in [3.05, 3.63) is 53.4 Å². The summed E-state index contributed by atoms with van der Waals surface area (Å²) in [4.78, 5) is 26.6. The van der Waals surface area contributed by atoms with E-state index in [0.29, 0.717) is 28.5 Å². The van der Waals surface area contributed by atoms with Crippen molar-refractivity contribution in [2.45, 2.75) is 0 Å². The Bertz CT molecular complexity index is 1020. The minimum absolute atomic E-state index is 0.0944. The molecule has 0 aromatic heterocycles. The van der Waals surface area contributed by atoms with Crippen LogP contribution in [0.25, 0.3) is 6.08 Å². The van der Waals surface area contributed by atoms with E-state index in [2.05, 4.69) is 5.32 Å². The van der Waals surface area contributed by atoms with Crippen LogP contribution in [-0.4, -0.2) is 38.3 Å². The zero-order chi connectivity index (χ0) is 21.1. The van der Waals surface area contributed by atoms with Crippen LogP contribution in [0.4, 0.5) is 10.1 Å². The van der Waals surface area contributed by atoms with Crippen molar-refractivity contribution in [3.8, 4) is 17.2 Å². The first-order chi connectivity index (χ1) is 13.9. The molecule has 2 aromatic rings. The van der Waals surface area contributed by atoms with Gasteiger partial charge in [0, 0.05) is 11.6 Å². The van der Waals surface area contributed by atoms with E-state index >= 15 is 0 Å². The average molecular weight is 416 g/mol. The van der Waals surface area contributed by atoms with Gasteiger partial charge in [-0.05, 0) is 48.6 Å². The van der Waals surface area contributed by atoms with Crippen molar-refractivity contribution < 1.29 is 28.2 Å². The van der Waals surface area contributed by atoms with E-state index in [1.165, 1.54) is 51.7 Å². The second kappa shape index (κ2) is 8.27. The molecule has 1 N–H and O–H groups in total. The lowest BCUT2D eigenvalue weighted by Crippen LogP contribution is -2.54. The molecule has 1 fully saturated rings. The number of carbonyl (C=O) groups is 2. The molecule has 2 amide bonds. The van der Waals surface area contributed by atoms with Crippen LogP contribution in [0.3, 0.4) is 0 Å². The summed E-state index contributed by atoms with van der Waals surface area (Å²) >= 11 is 5.13. The van der Waals surface area contributed by atoms with Crippen LogP contribution in [0.1, 0.15) is 5.56 Å². The van der Waals surface area contributed by atoms with Crippen LogP contribution >= 0.6 is 12.2 Å². The molecule has 9 heteroatoms. The van der Waals surface area contributed by atoms with E-state index in [4.69, 9.17) is 26.4 Å². The smallest absolute Gasteiger partial charge is 0.270 e. The average Bonchev–Trinajstić information content (AvgIpc) is 2.71. The summed E-state index contributed by atoms with van der Waals surface area (Å²) in [6.07, 6.45) is 1.37. The molecule has 1 aliphatic rings. The van der Waals surface area contributed by atoms with Gasteiger partial charge in [0.15, 0.2) is 16.6 Å². The van der Waals surface area contributed by atoms with E-state index in [-0.39, 0.29) is 10.7 Å². The van der Waals surface area contributed by atoms with Gasteiger partial charge in [-0.25, -0.2) is 4.39 Å². The second-order valence-electron chi connectivity index (χ2n) is 5.88. The Morgan fingerprint density at radius 3 is 2.14 bits per heavy atom. The van der Waals surface area contributed by atoms with Gasteiger partial charge in [0.2, 0.25) is 0 Å². The van der Waals surface area contributed by atoms with E-state index < -0.39 is 17.6 Å². The van der Waals surface area contributed by atoms with Crippen molar-refractivity contribution in [2.24, 2.45) is 0 Å². The Balaban J connectivity index is 2.08. The van der Waals surface area contributed by atoms with Crippen LogP contribution in [0.5, 0.6) is 17.2 Å². The molecule has 1 heterocycles. The molecule has 0 atom stereocenters. The summed E-state index contributed by atoms with van der Waals surface area (Å²) in [5.74, 6) is -0.566. The molecule has 7 nitrogen and oxygen atoms in total. The summed E-state index contributed by atoms with van der Waals surface area (Å²) in [6.45, 7) is 0. The van der Waals surface area contributed by atoms with E-state index in [9.17, 15) is 14.0 Å². The molecule has 29 heavy (non-hydrogen) atoms. The van der Waals surface area contributed by atoms with Crippen molar-refractivity contribution in [1.82, 2.24) is 5.32 Å². The van der Waals surface area contributed by atoms with Crippen molar-refractivity contribution in [1.29, 1.82) is 0 Å². The number of halogens is 1. The Kier molecular flexibility index (Phi) is 5.79. The van der Waals surface area contributed by atoms with Crippen LogP contribution in [0.2, 0.25) is 0 Å². The first kappa shape index (κ1) is 20.3. The quantitative estimate of drug-likeness (QED) is 0.459. The summed E-state index contributed by atoms with van der Waals surface area (Å²) in [7, 11) is 4.40. The third-order valence-corrected chi connectivity index (χ3v) is 4.51. The van der Waals surface area contributed by atoms with Gasteiger partial charge in [-0.2, -0.15) is 0 Å². The number of carbonyl (C=O) groups excluding carboxylic acids is 2. The molecule has 2 aromatic carbocycles. The van der Waals surface area contributed by atoms with Crippen molar-refractivity contribution >= 4 is 40.9 Å². The Morgan fingerprint density at radius 2 is 1.55 bits per heavy atom. The predicted octanol–water partition coefficient (Wildman–Crippen LogP) is 2.68. The lowest BCUT2D eigenvalue weighted by molar-refractivity contribution is -0.122. The number of thiocarbonyl (C=S) groups is 1. The van der Waals surface area contributed by atoms with Crippen molar-refractivity contribution in [2.75, 3.05) is 26.2 Å². The minimum Gasteiger partial charge on any atom is -0.496 e. The number of ether oxygens (including phenoxy) is 3. The third-order valence-electron chi connectivity index (χ3n) is 4.22. The molecular formula is C20H17FN2O5S. The van der Waals surface area contributed by atoms with E-state index in [1.54, 1.807) is 12.1 Å². The predicted molar refractivity (Wildman–Crippen MR) is 109 cm³/mol. The first-order valence-electron chi connectivity index (χ1n) is 8.36. The lowest BCUT2D eigenvalue weighted by atomic mass is 10.1. The molecule has 3 rings (SSSR count). The van der Waals surface area contributed by atoms with Crippen LogP contribution < -0.4 is 24.4 Å². The topological polar surface area (TPSA) is 77.1 Å². The molecule has 0 aliphatic carbocycles. The molecule has 0 unspecified atom stereocenters. The van der Waals surface area contributed by atoms with Crippen LogP contribution in [-0.2, 0) is 9.59 Å². The molecular weight excluding hydrogens is 399 g/mol. The Morgan fingerprint density at radius 1 is 0.966 bits per heavy atom. The summed E-state index contributed by atoms with van der Waals surface area (Å²) < 4.78 is 29.1. The second-order valence-corrected chi connectivity index (χ2v) is 6.27. The maximum absolute atomic E-state index is 13.2. The normalized spacial score (nSPS) is 15.4. The molecule has 0 radical (unpaired) electrons. The highest BCUT2D eigenvalue weighted by molar-refractivity contribution is 7.80. The number of hydrogen-bond donors (Lipinski definition) is 1. The minimum atomic E-state index is -0.657. The SMILES string of the molecule is COc1cc(OC)c(OC)cc1/C=C1\C(=O)NC(=S)N(c2ccc(F)cc2)C1=O. The van der Waals surface area contributed by atoms with Gasteiger partial charge >= 0.3 is 0 Å². The first-order valence-corrected chi connectivity index (χ1v) is 8.77. The van der Waals surface area contributed by atoms with E-state index in [1.807, 2.05) is 0 Å². The van der Waals surface area contributed by atoms with Gasteiger partial charge in [0.1, 0.15) is 17.1 Å².